The Morgan fingerprint density at radius 3 is 2.37 bits per heavy atom. The zero-order chi connectivity index (χ0) is 19.6. The lowest BCUT2D eigenvalue weighted by Crippen LogP contribution is -2.35. The number of hydrogen-bond acceptors (Lipinski definition) is 3. The smallest absolute Gasteiger partial charge is 0.341 e. The van der Waals surface area contributed by atoms with E-state index < -0.39 is 12.6 Å². The van der Waals surface area contributed by atoms with Crippen molar-refractivity contribution >= 4 is 11.9 Å². The zero-order valence-electron chi connectivity index (χ0n) is 15.9. The summed E-state index contributed by atoms with van der Waals surface area (Å²) < 4.78 is 5.36. The molecule has 1 aliphatic heterocycles. The number of carboxylic acid groups (broad SMARTS) is 1. The predicted octanol–water partition coefficient (Wildman–Crippen LogP) is 3.79. The lowest BCUT2D eigenvalue weighted by Gasteiger charge is -2.25. The van der Waals surface area contributed by atoms with Crippen LogP contribution in [0.2, 0.25) is 0 Å². The Balaban J connectivity index is 1.79. The van der Waals surface area contributed by atoms with E-state index in [1.807, 2.05) is 36.9 Å². The molecule has 1 amide bonds. The van der Waals surface area contributed by atoms with E-state index in [2.05, 4.69) is 19.1 Å². The fourth-order valence-corrected chi connectivity index (χ4v) is 3.97. The molecule has 2 aromatic carbocycles. The van der Waals surface area contributed by atoms with Crippen molar-refractivity contribution in [1.82, 2.24) is 4.90 Å². The van der Waals surface area contributed by atoms with Crippen molar-refractivity contribution in [3.63, 3.8) is 0 Å². The molecule has 1 N–H and O–H groups in total. The van der Waals surface area contributed by atoms with Crippen LogP contribution in [0, 0.1) is 13.8 Å². The molecule has 0 saturated carbocycles. The van der Waals surface area contributed by atoms with Gasteiger partial charge in [0.2, 0.25) is 0 Å². The Morgan fingerprint density at radius 1 is 1.15 bits per heavy atom. The molecule has 142 valence electrons. The summed E-state index contributed by atoms with van der Waals surface area (Å²) in [6.45, 7) is 6.11. The third-order valence-corrected chi connectivity index (χ3v) is 5.29. The molecule has 1 heterocycles. The molecule has 1 fully saturated rings. The maximum Gasteiger partial charge on any atom is 0.341 e. The Bertz CT molecular complexity index is 824. The number of likely N-dealkylation sites (tertiary alicyclic amines) is 1. The Morgan fingerprint density at radius 2 is 1.78 bits per heavy atom. The predicted molar refractivity (Wildman–Crippen MR) is 103 cm³/mol. The molecule has 1 saturated heterocycles. The number of aryl methyl sites for hydroxylation is 2. The molecule has 5 nitrogen and oxygen atoms in total. The quantitative estimate of drug-likeness (QED) is 0.873. The van der Waals surface area contributed by atoms with Crippen molar-refractivity contribution in [2.24, 2.45) is 0 Å². The van der Waals surface area contributed by atoms with Gasteiger partial charge in [-0.05, 0) is 56.0 Å². The SMILES string of the molecule is Cc1cc(C(=O)N2CCC(c3ccccc3)C2C)cc(C)c1OCC(=O)O. The van der Waals surface area contributed by atoms with Gasteiger partial charge in [-0.1, -0.05) is 30.3 Å². The van der Waals surface area contributed by atoms with E-state index in [0.717, 1.165) is 24.1 Å². The Labute approximate surface area is 159 Å². The highest BCUT2D eigenvalue weighted by Gasteiger charge is 2.35. The summed E-state index contributed by atoms with van der Waals surface area (Å²) in [5.74, 6) is -0.134. The number of benzene rings is 2. The van der Waals surface area contributed by atoms with Crippen molar-refractivity contribution < 1.29 is 19.4 Å². The van der Waals surface area contributed by atoms with E-state index in [1.54, 1.807) is 12.1 Å². The number of carbonyl (C=O) groups is 2. The van der Waals surface area contributed by atoms with Crippen LogP contribution in [0.25, 0.3) is 0 Å². The molecular formula is C22H25NO4. The van der Waals surface area contributed by atoms with Crippen LogP contribution >= 0.6 is 0 Å². The highest BCUT2D eigenvalue weighted by Crippen LogP contribution is 2.35. The summed E-state index contributed by atoms with van der Waals surface area (Å²) in [5.41, 5.74) is 3.43. The molecule has 1 aliphatic rings. The third kappa shape index (κ3) is 3.97. The summed E-state index contributed by atoms with van der Waals surface area (Å²) in [6.07, 6.45) is 0.953. The van der Waals surface area contributed by atoms with Gasteiger partial charge in [-0.25, -0.2) is 4.79 Å². The fourth-order valence-electron chi connectivity index (χ4n) is 3.97. The van der Waals surface area contributed by atoms with E-state index in [1.165, 1.54) is 5.56 Å². The zero-order valence-corrected chi connectivity index (χ0v) is 15.9. The van der Waals surface area contributed by atoms with Crippen LogP contribution in [0.4, 0.5) is 0 Å². The normalized spacial score (nSPS) is 19.1. The summed E-state index contributed by atoms with van der Waals surface area (Å²) in [7, 11) is 0. The van der Waals surface area contributed by atoms with Gasteiger partial charge in [0.15, 0.2) is 6.61 Å². The first-order chi connectivity index (χ1) is 12.9. The maximum atomic E-state index is 13.1. The number of hydrogen-bond donors (Lipinski definition) is 1. The minimum Gasteiger partial charge on any atom is -0.481 e. The number of rotatable bonds is 5. The summed E-state index contributed by atoms with van der Waals surface area (Å²) >= 11 is 0. The van der Waals surface area contributed by atoms with Gasteiger partial charge in [0, 0.05) is 24.1 Å². The first-order valence-electron chi connectivity index (χ1n) is 9.20. The van der Waals surface area contributed by atoms with E-state index in [9.17, 15) is 9.59 Å². The molecule has 0 bridgehead atoms. The molecule has 2 aromatic rings. The van der Waals surface area contributed by atoms with Crippen molar-refractivity contribution in [1.29, 1.82) is 0 Å². The largest absolute Gasteiger partial charge is 0.481 e. The lowest BCUT2D eigenvalue weighted by atomic mass is 9.93. The monoisotopic (exact) mass is 367 g/mol. The number of carboxylic acids is 1. The van der Waals surface area contributed by atoms with Gasteiger partial charge in [-0.2, -0.15) is 0 Å². The second-order valence-electron chi connectivity index (χ2n) is 7.17. The van der Waals surface area contributed by atoms with Crippen LogP contribution in [0.1, 0.15) is 46.3 Å². The molecule has 0 spiro atoms. The van der Waals surface area contributed by atoms with Crippen molar-refractivity contribution in [3.8, 4) is 5.75 Å². The van der Waals surface area contributed by atoms with Crippen LogP contribution in [0.15, 0.2) is 42.5 Å². The van der Waals surface area contributed by atoms with Gasteiger partial charge in [0.25, 0.3) is 5.91 Å². The Hall–Kier alpha value is -2.82. The maximum absolute atomic E-state index is 13.1. The third-order valence-electron chi connectivity index (χ3n) is 5.29. The van der Waals surface area contributed by atoms with Gasteiger partial charge in [-0.3, -0.25) is 4.79 Å². The minimum absolute atomic E-state index is 0.0110. The standard InChI is InChI=1S/C22H25NO4/c1-14-11-18(12-15(2)21(14)27-13-20(24)25)22(26)23-10-9-19(16(23)3)17-7-5-4-6-8-17/h4-8,11-12,16,19H,9-10,13H2,1-3H3,(H,24,25). The summed E-state index contributed by atoms with van der Waals surface area (Å²) in [6, 6.07) is 14.0. The summed E-state index contributed by atoms with van der Waals surface area (Å²) in [4.78, 5) is 25.8. The molecule has 3 rings (SSSR count). The molecule has 0 radical (unpaired) electrons. The van der Waals surface area contributed by atoms with Crippen molar-refractivity contribution in [3.05, 3.63) is 64.7 Å². The van der Waals surface area contributed by atoms with Crippen LogP contribution in [-0.4, -0.2) is 41.1 Å². The number of ether oxygens (including phenoxy) is 1. The van der Waals surface area contributed by atoms with E-state index in [-0.39, 0.29) is 11.9 Å². The number of nitrogens with zero attached hydrogens (tertiary/aromatic N) is 1. The van der Waals surface area contributed by atoms with Gasteiger partial charge < -0.3 is 14.7 Å². The van der Waals surface area contributed by atoms with Crippen molar-refractivity contribution in [2.75, 3.05) is 13.2 Å². The van der Waals surface area contributed by atoms with Crippen LogP contribution in [-0.2, 0) is 4.79 Å². The highest BCUT2D eigenvalue weighted by molar-refractivity contribution is 5.95. The average Bonchev–Trinajstić information content (AvgIpc) is 3.02. The number of aliphatic carboxylic acids is 1. The topological polar surface area (TPSA) is 66.8 Å². The van der Waals surface area contributed by atoms with Gasteiger partial charge in [0.1, 0.15) is 5.75 Å². The lowest BCUT2D eigenvalue weighted by molar-refractivity contribution is -0.139. The number of amides is 1. The van der Waals surface area contributed by atoms with Crippen LogP contribution in [0.3, 0.4) is 0 Å². The fraction of sp³-hybridized carbons (Fsp3) is 0.364. The average molecular weight is 367 g/mol. The van der Waals surface area contributed by atoms with Crippen LogP contribution in [0.5, 0.6) is 5.75 Å². The Kier molecular flexibility index (Phi) is 5.49. The van der Waals surface area contributed by atoms with Gasteiger partial charge >= 0.3 is 5.97 Å². The van der Waals surface area contributed by atoms with Gasteiger partial charge in [0.05, 0.1) is 0 Å². The molecule has 5 heteroatoms. The highest BCUT2D eigenvalue weighted by atomic mass is 16.5. The van der Waals surface area contributed by atoms with Crippen molar-refractivity contribution in [2.45, 2.75) is 39.2 Å². The van der Waals surface area contributed by atoms with E-state index in [0.29, 0.717) is 17.2 Å². The first-order valence-corrected chi connectivity index (χ1v) is 9.20. The molecule has 27 heavy (non-hydrogen) atoms. The van der Waals surface area contributed by atoms with E-state index in [4.69, 9.17) is 9.84 Å². The molecule has 0 aromatic heterocycles. The molecule has 2 unspecified atom stereocenters. The molecular weight excluding hydrogens is 342 g/mol. The van der Waals surface area contributed by atoms with E-state index >= 15 is 0 Å². The van der Waals surface area contributed by atoms with Gasteiger partial charge in [-0.15, -0.1) is 0 Å². The van der Waals surface area contributed by atoms with Crippen LogP contribution < -0.4 is 4.74 Å². The molecule has 0 aliphatic carbocycles. The second kappa shape index (κ2) is 7.82. The number of carbonyl (C=O) groups excluding carboxylic acids is 1. The molecule has 2 atom stereocenters. The minimum atomic E-state index is -1.02. The summed E-state index contributed by atoms with van der Waals surface area (Å²) in [5, 5.41) is 8.81. The second-order valence-corrected chi connectivity index (χ2v) is 7.17. The first kappa shape index (κ1) is 19.0.